The van der Waals surface area contributed by atoms with Crippen molar-refractivity contribution >= 4 is 5.69 Å². The molecule has 0 spiro atoms. The number of aromatic nitrogens is 1. The molecule has 1 unspecified atom stereocenters. The minimum atomic E-state index is 0.511. The molecule has 0 radical (unpaired) electrons. The first-order valence-corrected chi connectivity index (χ1v) is 5.82. The van der Waals surface area contributed by atoms with E-state index in [1.165, 1.54) is 0 Å². The number of anilines is 1. The molecule has 0 bridgehead atoms. The molecule has 0 saturated carbocycles. The maximum Gasteiger partial charge on any atom is 0.0622 e. The van der Waals surface area contributed by atoms with Crippen LogP contribution in [0.3, 0.4) is 0 Å². The lowest BCUT2D eigenvalue weighted by Crippen LogP contribution is -2.44. The van der Waals surface area contributed by atoms with Gasteiger partial charge in [0.15, 0.2) is 0 Å². The molecule has 4 heteroatoms. The molecule has 2 heterocycles. The van der Waals surface area contributed by atoms with Crippen LogP contribution < -0.4 is 5.73 Å². The Kier molecular flexibility index (Phi) is 3.74. The molecule has 1 saturated heterocycles. The number of hydrogen-bond donors (Lipinski definition) is 1. The summed E-state index contributed by atoms with van der Waals surface area (Å²) < 4.78 is 5.48. The number of hydrogen-bond acceptors (Lipinski definition) is 4. The summed E-state index contributed by atoms with van der Waals surface area (Å²) in [7, 11) is 0. The van der Waals surface area contributed by atoms with Crippen molar-refractivity contribution in [2.45, 2.75) is 25.9 Å². The lowest BCUT2D eigenvalue weighted by molar-refractivity contribution is -0.0132. The molecule has 1 aromatic heterocycles. The van der Waals surface area contributed by atoms with E-state index in [0.29, 0.717) is 6.04 Å². The minimum absolute atomic E-state index is 0.511. The average Bonchev–Trinajstić information content (AvgIpc) is 2.30. The highest BCUT2D eigenvalue weighted by molar-refractivity contribution is 5.37. The van der Waals surface area contributed by atoms with E-state index < -0.39 is 0 Å². The Morgan fingerprint density at radius 2 is 2.50 bits per heavy atom. The highest BCUT2D eigenvalue weighted by Crippen LogP contribution is 2.14. The van der Waals surface area contributed by atoms with Crippen molar-refractivity contribution < 1.29 is 4.74 Å². The Balaban J connectivity index is 2.02. The number of nitrogens with two attached hydrogens (primary N) is 1. The van der Waals surface area contributed by atoms with Crippen molar-refractivity contribution in [2.24, 2.45) is 0 Å². The number of pyridine rings is 1. The van der Waals surface area contributed by atoms with Gasteiger partial charge < -0.3 is 10.5 Å². The molecule has 1 fully saturated rings. The van der Waals surface area contributed by atoms with E-state index >= 15 is 0 Å². The van der Waals surface area contributed by atoms with Crippen LogP contribution in [0.4, 0.5) is 5.69 Å². The lowest BCUT2D eigenvalue weighted by Gasteiger charge is -2.34. The normalized spacial score (nSPS) is 22.2. The molecule has 1 atom stereocenters. The zero-order chi connectivity index (χ0) is 11.4. The Bertz CT molecular complexity index is 343. The summed E-state index contributed by atoms with van der Waals surface area (Å²) in [5, 5.41) is 0. The van der Waals surface area contributed by atoms with Gasteiger partial charge in [-0.3, -0.25) is 9.88 Å². The quantitative estimate of drug-likeness (QED) is 0.835. The fourth-order valence-electron chi connectivity index (χ4n) is 2.06. The number of morpholine rings is 1. The van der Waals surface area contributed by atoms with Crippen molar-refractivity contribution in [3.63, 3.8) is 0 Å². The van der Waals surface area contributed by atoms with Crippen LogP contribution in [0.25, 0.3) is 0 Å². The number of rotatable bonds is 3. The molecule has 0 amide bonds. The van der Waals surface area contributed by atoms with Gasteiger partial charge in [-0.2, -0.15) is 0 Å². The Hall–Kier alpha value is -1.13. The van der Waals surface area contributed by atoms with Crippen molar-refractivity contribution in [1.82, 2.24) is 9.88 Å². The zero-order valence-corrected chi connectivity index (χ0v) is 9.72. The molecule has 1 aromatic rings. The highest BCUT2D eigenvalue weighted by atomic mass is 16.5. The average molecular weight is 221 g/mol. The topological polar surface area (TPSA) is 51.4 Å². The van der Waals surface area contributed by atoms with E-state index in [9.17, 15) is 0 Å². The maximum atomic E-state index is 5.75. The SMILES string of the molecule is CCC1COCCN1Cc1cc(N)ccn1. The number of nitrogen functional groups attached to an aromatic ring is 1. The van der Waals surface area contributed by atoms with Gasteiger partial charge in [0, 0.05) is 31.0 Å². The van der Waals surface area contributed by atoms with Gasteiger partial charge in [0.1, 0.15) is 0 Å². The van der Waals surface area contributed by atoms with E-state index in [1.54, 1.807) is 6.20 Å². The van der Waals surface area contributed by atoms with Crippen LogP contribution in [0.5, 0.6) is 0 Å². The second-order valence-corrected chi connectivity index (χ2v) is 4.19. The van der Waals surface area contributed by atoms with Crippen LogP contribution in [-0.4, -0.2) is 35.7 Å². The fraction of sp³-hybridized carbons (Fsp3) is 0.583. The summed E-state index contributed by atoms with van der Waals surface area (Å²) in [5.41, 5.74) is 7.57. The van der Waals surface area contributed by atoms with Crippen molar-refractivity contribution in [2.75, 3.05) is 25.5 Å². The lowest BCUT2D eigenvalue weighted by atomic mass is 10.1. The van der Waals surface area contributed by atoms with Crippen molar-refractivity contribution in [1.29, 1.82) is 0 Å². The first-order chi connectivity index (χ1) is 7.79. The summed E-state index contributed by atoms with van der Waals surface area (Å²) in [6, 6.07) is 4.28. The standard InChI is InChI=1S/C12H19N3O/c1-2-12-9-16-6-5-15(12)8-11-7-10(13)3-4-14-11/h3-4,7,12H,2,5-6,8-9H2,1H3,(H2,13,14). The second kappa shape index (κ2) is 5.27. The van der Waals surface area contributed by atoms with Gasteiger partial charge in [-0.05, 0) is 18.6 Å². The van der Waals surface area contributed by atoms with Crippen molar-refractivity contribution in [3.8, 4) is 0 Å². The van der Waals surface area contributed by atoms with E-state index in [4.69, 9.17) is 10.5 Å². The molecule has 1 aliphatic heterocycles. The molecule has 0 aromatic carbocycles. The van der Waals surface area contributed by atoms with Crippen LogP contribution >= 0.6 is 0 Å². The summed E-state index contributed by atoms with van der Waals surface area (Å²) >= 11 is 0. The second-order valence-electron chi connectivity index (χ2n) is 4.19. The van der Waals surface area contributed by atoms with Crippen LogP contribution in [-0.2, 0) is 11.3 Å². The summed E-state index contributed by atoms with van der Waals surface area (Å²) in [6.45, 7) is 5.69. The van der Waals surface area contributed by atoms with Crippen molar-refractivity contribution in [3.05, 3.63) is 24.0 Å². The number of nitrogens with zero attached hydrogens (tertiary/aromatic N) is 2. The summed E-state index contributed by atoms with van der Waals surface area (Å²) in [6.07, 6.45) is 2.88. The molecule has 4 nitrogen and oxygen atoms in total. The van der Waals surface area contributed by atoms with Crippen LogP contribution in [0, 0.1) is 0 Å². The largest absolute Gasteiger partial charge is 0.399 e. The van der Waals surface area contributed by atoms with Gasteiger partial charge in [-0.15, -0.1) is 0 Å². The monoisotopic (exact) mass is 221 g/mol. The van der Waals surface area contributed by atoms with E-state index in [1.807, 2.05) is 12.1 Å². The molecule has 1 aliphatic rings. The predicted molar refractivity (Wildman–Crippen MR) is 64.0 cm³/mol. The van der Waals surface area contributed by atoms with Gasteiger partial charge in [0.2, 0.25) is 0 Å². The Morgan fingerprint density at radius 1 is 1.62 bits per heavy atom. The molecule has 2 rings (SSSR count). The minimum Gasteiger partial charge on any atom is -0.399 e. The third-order valence-electron chi connectivity index (χ3n) is 3.03. The molecular weight excluding hydrogens is 202 g/mol. The molecule has 88 valence electrons. The van der Waals surface area contributed by atoms with Crippen LogP contribution in [0.15, 0.2) is 18.3 Å². The first kappa shape index (κ1) is 11.4. The predicted octanol–water partition coefficient (Wildman–Crippen LogP) is 1.27. The first-order valence-electron chi connectivity index (χ1n) is 5.82. The highest BCUT2D eigenvalue weighted by Gasteiger charge is 2.21. The van der Waals surface area contributed by atoms with Gasteiger partial charge >= 0.3 is 0 Å². The van der Waals surface area contributed by atoms with Gasteiger partial charge in [0.05, 0.1) is 18.9 Å². The van der Waals surface area contributed by atoms with Crippen LogP contribution in [0.1, 0.15) is 19.0 Å². The Labute approximate surface area is 96.4 Å². The van der Waals surface area contributed by atoms with Gasteiger partial charge in [-0.1, -0.05) is 6.92 Å². The maximum absolute atomic E-state index is 5.75. The number of ether oxygens (including phenoxy) is 1. The van der Waals surface area contributed by atoms with Gasteiger partial charge in [0.25, 0.3) is 0 Å². The van der Waals surface area contributed by atoms with E-state index in [2.05, 4.69) is 16.8 Å². The molecule has 16 heavy (non-hydrogen) atoms. The smallest absolute Gasteiger partial charge is 0.0622 e. The van der Waals surface area contributed by atoms with Gasteiger partial charge in [-0.25, -0.2) is 0 Å². The summed E-state index contributed by atoms with van der Waals surface area (Å²) in [5.74, 6) is 0. The van der Waals surface area contributed by atoms with Crippen LogP contribution in [0.2, 0.25) is 0 Å². The van der Waals surface area contributed by atoms with E-state index in [0.717, 1.165) is 44.1 Å². The molecule has 2 N–H and O–H groups in total. The molecule has 0 aliphatic carbocycles. The fourth-order valence-corrected chi connectivity index (χ4v) is 2.06. The third-order valence-corrected chi connectivity index (χ3v) is 3.03. The van der Waals surface area contributed by atoms with E-state index in [-0.39, 0.29) is 0 Å². The zero-order valence-electron chi connectivity index (χ0n) is 9.72. The third kappa shape index (κ3) is 2.71. The Morgan fingerprint density at radius 3 is 3.25 bits per heavy atom. The summed E-state index contributed by atoms with van der Waals surface area (Å²) in [4.78, 5) is 6.76. The molecular formula is C12H19N3O.